The Labute approximate surface area is 156 Å². The minimum atomic E-state index is -1.09. The van der Waals surface area contributed by atoms with Crippen LogP contribution in [-0.4, -0.2) is 28.5 Å². The van der Waals surface area contributed by atoms with Gasteiger partial charge in [-0.25, -0.2) is 9.88 Å². The van der Waals surface area contributed by atoms with Gasteiger partial charge in [0.05, 0.1) is 27.0 Å². The van der Waals surface area contributed by atoms with Crippen LogP contribution in [0.15, 0.2) is 46.8 Å². The van der Waals surface area contributed by atoms with Gasteiger partial charge in [0.2, 0.25) is 0 Å². The molecule has 2 heterocycles. The molecule has 130 valence electrons. The number of carboxylic acids is 1. The average Bonchev–Trinajstić information content (AvgIpc) is 3.13. The van der Waals surface area contributed by atoms with Crippen LogP contribution < -0.4 is 10.0 Å². The standard InChI is InChI=1S/C18H12N2O4S2/c21-15(22)7-8-25-18-19-13-6-5-10(9-14(13)26-18)20-16(23)11-3-1-2-4-12(11)17(20)24/h1-6,9H,7-8H2,(H,21,22)/p-1. The van der Waals surface area contributed by atoms with Crippen molar-refractivity contribution in [1.29, 1.82) is 0 Å². The molecule has 4 rings (SSSR count). The van der Waals surface area contributed by atoms with Gasteiger partial charge in [-0.1, -0.05) is 23.9 Å². The van der Waals surface area contributed by atoms with Crippen molar-refractivity contribution in [3.05, 3.63) is 53.6 Å². The zero-order valence-corrected chi connectivity index (χ0v) is 14.9. The molecule has 2 amide bonds. The normalized spacial score (nSPS) is 13.5. The SMILES string of the molecule is O=C([O-])CCSc1nc2ccc(N3C(=O)c4ccccc4C3=O)cc2s1. The Morgan fingerprint density at radius 1 is 1.12 bits per heavy atom. The fraction of sp³-hybridized carbons (Fsp3) is 0.111. The maximum absolute atomic E-state index is 12.6. The number of aromatic nitrogens is 1. The molecule has 0 saturated carbocycles. The van der Waals surface area contributed by atoms with Gasteiger partial charge in [-0.2, -0.15) is 0 Å². The molecule has 0 bridgehead atoms. The Hall–Kier alpha value is -2.71. The number of nitrogens with zero attached hydrogens (tertiary/aromatic N) is 2. The minimum absolute atomic E-state index is 0.0408. The van der Waals surface area contributed by atoms with Crippen LogP contribution in [0.3, 0.4) is 0 Å². The molecular weight excluding hydrogens is 372 g/mol. The van der Waals surface area contributed by atoms with Gasteiger partial charge in [0.1, 0.15) is 0 Å². The summed E-state index contributed by atoms with van der Waals surface area (Å²) in [5, 5.41) is 10.5. The van der Waals surface area contributed by atoms with E-state index in [1.807, 2.05) is 0 Å². The molecule has 3 aromatic rings. The van der Waals surface area contributed by atoms with E-state index in [4.69, 9.17) is 0 Å². The van der Waals surface area contributed by atoms with E-state index in [-0.39, 0.29) is 18.2 Å². The van der Waals surface area contributed by atoms with E-state index in [0.717, 1.165) is 14.6 Å². The second-order valence-corrected chi connectivity index (χ2v) is 7.97. The summed E-state index contributed by atoms with van der Waals surface area (Å²) in [7, 11) is 0. The molecule has 0 N–H and O–H groups in total. The van der Waals surface area contributed by atoms with Gasteiger partial charge >= 0.3 is 0 Å². The molecule has 2 aromatic carbocycles. The van der Waals surface area contributed by atoms with Crippen molar-refractivity contribution in [1.82, 2.24) is 4.98 Å². The maximum atomic E-state index is 12.6. The number of amides is 2. The third kappa shape index (κ3) is 2.87. The molecule has 8 heteroatoms. The zero-order valence-electron chi connectivity index (χ0n) is 13.3. The smallest absolute Gasteiger partial charge is 0.266 e. The van der Waals surface area contributed by atoms with Crippen LogP contribution in [0.25, 0.3) is 10.2 Å². The fourth-order valence-electron chi connectivity index (χ4n) is 2.74. The molecule has 1 aliphatic rings. The number of carboxylic acid groups (broad SMARTS) is 1. The molecule has 0 radical (unpaired) electrons. The number of anilines is 1. The van der Waals surface area contributed by atoms with Crippen molar-refractivity contribution in [3.63, 3.8) is 0 Å². The lowest BCUT2D eigenvalue weighted by Crippen LogP contribution is -2.29. The Bertz CT molecular complexity index is 1030. The summed E-state index contributed by atoms with van der Waals surface area (Å²) in [4.78, 5) is 41.3. The van der Waals surface area contributed by atoms with Gasteiger partial charge in [-0.05, 0) is 36.8 Å². The number of imide groups is 1. The van der Waals surface area contributed by atoms with Crippen LogP contribution in [0.5, 0.6) is 0 Å². The number of rotatable bonds is 5. The molecule has 0 aliphatic carbocycles. The Balaban J connectivity index is 1.63. The van der Waals surface area contributed by atoms with Gasteiger partial charge in [0, 0.05) is 11.7 Å². The second kappa shape index (κ2) is 6.54. The average molecular weight is 383 g/mol. The Morgan fingerprint density at radius 2 is 1.81 bits per heavy atom. The summed E-state index contributed by atoms with van der Waals surface area (Å²) in [6.45, 7) is 0. The van der Waals surface area contributed by atoms with Crippen LogP contribution in [-0.2, 0) is 4.79 Å². The first-order valence-corrected chi connectivity index (χ1v) is 9.56. The monoisotopic (exact) mass is 383 g/mol. The molecule has 1 aromatic heterocycles. The summed E-state index contributed by atoms with van der Waals surface area (Å²) >= 11 is 2.74. The number of carbonyl (C=O) groups excluding carboxylic acids is 3. The first-order chi connectivity index (χ1) is 12.5. The van der Waals surface area contributed by atoms with Crippen LogP contribution >= 0.6 is 23.1 Å². The minimum Gasteiger partial charge on any atom is -0.550 e. The highest BCUT2D eigenvalue weighted by molar-refractivity contribution is 8.01. The van der Waals surface area contributed by atoms with E-state index in [1.165, 1.54) is 28.0 Å². The summed E-state index contributed by atoms with van der Waals surface area (Å²) in [5.41, 5.74) is 2.05. The number of thiazole rings is 1. The Kier molecular flexibility index (Phi) is 4.21. The lowest BCUT2D eigenvalue weighted by molar-refractivity contribution is -0.305. The number of aliphatic carboxylic acids is 1. The quantitative estimate of drug-likeness (QED) is 0.496. The highest BCUT2D eigenvalue weighted by Gasteiger charge is 2.36. The van der Waals surface area contributed by atoms with Gasteiger partial charge in [0.25, 0.3) is 11.8 Å². The predicted octanol–water partition coefficient (Wildman–Crippen LogP) is 2.33. The molecule has 1 aliphatic heterocycles. The second-order valence-electron chi connectivity index (χ2n) is 5.59. The largest absolute Gasteiger partial charge is 0.550 e. The van der Waals surface area contributed by atoms with Crippen LogP contribution in [0.1, 0.15) is 27.1 Å². The third-order valence-electron chi connectivity index (χ3n) is 3.94. The lowest BCUT2D eigenvalue weighted by Gasteiger charge is -2.13. The van der Waals surface area contributed by atoms with Crippen molar-refractivity contribution in [2.24, 2.45) is 0 Å². The number of thioether (sulfide) groups is 1. The number of fused-ring (bicyclic) bond motifs is 2. The summed E-state index contributed by atoms with van der Waals surface area (Å²) < 4.78 is 1.57. The van der Waals surface area contributed by atoms with E-state index in [2.05, 4.69) is 4.98 Å². The van der Waals surface area contributed by atoms with E-state index in [0.29, 0.717) is 22.6 Å². The Morgan fingerprint density at radius 3 is 2.46 bits per heavy atom. The number of benzene rings is 2. The van der Waals surface area contributed by atoms with Crippen molar-refractivity contribution in [3.8, 4) is 0 Å². The van der Waals surface area contributed by atoms with Crippen molar-refractivity contribution >= 4 is 56.8 Å². The van der Waals surface area contributed by atoms with E-state index in [1.54, 1.807) is 42.5 Å². The summed E-state index contributed by atoms with van der Waals surface area (Å²) in [6, 6.07) is 12.0. The van der Waals surface area contributed by atoms with Gasteiger partial charge in [0.15, 0.2) is 4.34 Å². The molecule has 0 saturated heterocycles. The van der Waals surface area contributed by atoms with Crippen molar-refractivity contribution in [2.75, 3.05) is 10.7 Å². The molecule has 0 fully saturated rings. The van der Waals surface area contributed by atoms with Crippen LogP contribution in [0, 0.1) is 0 Å². The molecule has 0 atom stereocenters. The van der Waals surface area contributed by atoms with E-state index in [9.17, 15) is 19.5 Å². The van der Waals surface area contributed by atoms with Crippen molar-refractivity contribution in [2.45, 2.75) is 10.8 Å². The number of hydrogen-bond acceptors (Lipinski definition) is 7. The van der Waals surface area contributed by atoms with Crippen LogP contribution in [0.2, 0.25) is 0 Å². The van der Waals surface area contributed by atoms with E-state index >= 15 is 0 Å². The molecular formula is C18H11N2O4S2-. The third-order valence-corrected chi connectivity index (χ3v) is 6.10. The van der Waals surface area contributed by atoms with Crippen LogP contribution in [0.4, 0.5) is 5.69 Å². The molecule has 0 unspecified atom stereocenters. The fourth-order valence-corrected chi connectivity index (χ4v) is 4.83. The summed E-state index contributed by atoms with van der Waals surface area (Å²) in [5.74, 6) is -1.38. The topological polar surface area (TPSA) is 90.4 Å². The number of hydrogen-bond donors (Lipinski definition) is 0. The maximum Gasteiger partial charge on any atom is 0.266 e. The first kappa shape index (κ1) is 16.7. The van der Waals surface area contributed by atoms with Gasteiger partial charge < -0.3 is 9.90 Å². The zero-order chi connectivity index (χ0) is 18.3. The summed E-state index contributed by atoms with van der Waals surface area (Å²) in [6.07, 6.45) is -0.0408. The van der Waals surface area contributed by atoms with Gasteiger partial charge in [-0.3, -0.25) is 9.59 Å². The molecule has 26 heavy (non-hydrogen) atoms. The van der Waals surface area contributed by atoms with Gasteiger partial charge in [-0.15, -0.1) is 11.3 Å². The highest BCUT2D eigenvalue weighted by Crippen LogP contribution is 2.34. The highest BCUT2D eigenvalue weighted by atomic mass is 32.2. The first-order valence-electron chi connectivity index (χ1n) is 7.75. The van der Waals surface area contributed by atoms with Crippen molar-refractivity contribution < 1.29 is 19.5 Å². The van der Waals surface area contributed by atoms with E-state index < -0.39 is 5.97 Å². The molecule has 0 spiro atoms. The lowest BCUT2D eigenvalue weighted by atomic mass is 10.1. The number of carbonyl (C=O) groups is 3. The molecule has 6 nitrogen and oxygen atoms in total. The predicted molar refractivity (Wildman–Crippen MR) is 97.6 cm³/mol.